The Bertz CT molecular complexity index is 353. The van der Waals surface area contributed by atoms with Gasteiger partial charge in [-0.15, -0.1) is 6.58 Å². The third-order valence-electron chi connectivity index (χ3n) is 3.19. The molecule has 106 valence electrons. The van der Waals surface area contributed by atoms with Crippen LogP contribution < -0.4 is 10.1 Å². The van der Waals surface area contributed by atoms with Gasteiger partial charge in [-0.2, -0.15) is 0 Å². The smallest absolute Gasteiger partial charge is 0.119 e. The lowest BCUT2D eigenvalue weighted by molar-refractivity contribution is 0.191. The van der Waals surface area contributed by atoms with Crippen LogP contribution in [0.1, 0.15) is 13.3 Å². The fourth-order valence-electron chi connectivity index (χ4n) is 1.73. The minimum Gasteiger partial charge on any atom is -0.494 e. The van der Waals surface area contributed by atoms with E-state index in [-0.39, 0.29) is 5.41 Å². The van der Waals surface area contributed by atoms with Crippen molar-refractivity contribution < 1.29 is 9.47 Å². The molecule has 19 heavy (non-hydrogen) atoms. The number of hydrogen-bond donors (Lipinski definition) is 1. The van der Waals surface area contributed by atoms with Gasteiger partial charge >= 0.3 is 0 Å². The highest BCUT2D eigenvalue weighted by molar-refractivity contribution is 5.20. The summed E-state index contributed by atoms with van der Waals surface area (Å²) in [6, 6.07) is 9.90. The molecule has 0 aliphatic rings. The molecule has 0 radical (unpaired) electrons. The fourth-order valence-corrected chi connectivity index (χ4v) is 1.73. The van der Waals surface area contributed by atoms with Gasteiger partial charge in [-0.3, -0.25) is 0 Å². The van der Waals surface area contributed by atoms with Crippen LogP contribution in [0.3, 0.4) is 0 Å². The molecule has 3 nitrogen and oxygen atoms in total. The Kier molecular flexibility index (Phi) is 7.23. The molecule has 0 heterocycles. The van der Waals surface area contributed by atoms with Crippen molar-refractivity contribution in [2.24, 2.45) is 5.41 Å². The van der Waals surface area contributed by atoms with Gasteiger partial charge in [0.2, 0.25) is 0 Å². The first kappa shape index (κ1) is 15.7. The molecule has 0 aliphatic heterocycles. The first-order valence-corrected chi connectivity index (χ1v) is 6.71. The molecular formula is C16H25NO2. The molecule has 0 amide bonds. The van der Waals surface area contributed by atoms with Crippen molar-refractivity contribution in [3.05, 3.63) is 43.0 Å². The summed E-state index contributed by atoms with van der Waals surface area (Å²) in [7, 11) is 1.71. The van der Waals surface area contributed by atoms with Crippen LogP contribution in [0.2, 0.25) is 0 Å². The van der Waals surface area contributed by atoms with E-state index in [2.05, 4.69) is 18.8 Å². The lowest BCUT2D eigenvalue weighted by Gasteiger charge is -2.26. The average molecular weight is 263 g/mol. The van der Waals surface area contributed by atoms with E-state index in [1.54, 1.807) is 7.11 Å². The van der Waals surface area contributed by atoms with Crippen LogP contribution in [0.15, 0.2) is 43.0 Å². The summed E-state index contributed by atoms with van der Waals surface area (Å²) in [5.74, 6) is 0.918. The summed E-state index contributed by atoms with van der Waals surface area (Å²) in [4.78, 5) is 0. The summed E-state index contributed by atoms with van der Waals surface area (Å²) in [6.07, 6.45) is 2.94. The van der Waals surface area contributed by atoms with Crippen LogP contribution in [0.5, 0.6) is 5.75 Å². The fraction of sp³-hybridized carbons (Fsp3) is 0.500. The van der Waals surface area contributed by atoms with E-state index >= 15 is 0 Å². The Morgan fingerprint density at radius 1 is 1.26 bits per heavy atom. The van der Waals surface area contributed by atoms with Gasteiger partial charge in [-0.05, 0) is 18.6 Å². The summed E-state index contributed by atoms with van der Waals surface area (Å²) in [6.45, 7) is 9.29. The number of nitrogens with one attached hydrogen (secondary N) is 1. The van der Waals surface area contributed by atoms with Gasteiger partial charge in [0, 0.05) is 25.6 Å². The second-order valence-corrected chi connectivity index (χ2v) is 4.94. The predicted molar refractivity (Wildman–Crippen MR) is 79.6 cm³/mol. The van der Waals surface area contributed by atoms with Crippen molar-refractivity contribution in [2.75, 3.05) is 33.4 Å². The topological polar surface area (TPSA) is 30.5 Å². The van der Waals surface area contributed by atoms with Crippen LogP contribution in [0, 0.1) is 5.41 Å². The van der Waals surface area contributed by atoms with E-state index in [0.29, 0.717) is 6.61 Å². The molecule has 3 heteroatoms. The first-order chi connectivity index (χ1) is 9.20. The van der Waals surface area contributed by atoms with Crippen LogP contribution in [-0.4, -0.2) is 33.4 Å². The van der Waals surface area contributed by atoms with E-state index in [1.165, 1.54) is 0 Å². The van der Waals surface area contributed by atoms with E-state index in [4.69, 9.17) is 9.47 Å². The molecule has 1 N–H and O–H groups in total. The van der Waals surface area contributed by atoms with Gasteiger partial charge in [0.25, 0.3) is 0 Å². The molecule has 1 aromatic carbocycles. The average Bonchev–Trinajstić information content (AvgIpc) is 2.45. The Morgan fingerprint density at radius 2 is 2.00 bits per heavy atom. The molecule has 0 bridgehead atoms. The summed E-state index contributed by atoms with van der Waals surface area (Å²) < 4.78 is 10.7. The summed E-state index contributed by atoms with van der Waals surface area (Å²) in [5.41, 5.74) is 0.0442. The maximum absolute atomic E-state index is 5.73. The molecule has 0 aliphatic carbocycles. The Labute approximate surface area is 116 Å². The first-order valence-electron chi connectivity index (χ1n) is 6.71. The molecule has 0 aromatic heterocycles. The van der Waals surface area contributed by atoms with E-state index in [1.807, 2.05) is 36.4 Å². The zero-order valence-electron chi connectivity index (χ0n) is 12.0. The Hall–Kier alpha value is -1.32. The maximum Gasteiger partial charge on any atom is 0.119 e. The molecular weight excluding hydrogens is 238 g/mol. The van der Waals surface area contributed by atoms with Crippen LogP contribution in [0.4, 0.5) is 0 Å². The lowest BCUT2D eigenvalue weighted by Crippen LogP contribution is -2.33. The molecule has 1 rings (SSSR count). The minimum atomic E-state index is 0.0442. The van der Waals surface area contributed by atoms with Gasteiger partial charge in [0.1, 0.15) is 5.75 Å². The third-order valence-corrected chi connectivity index (χ3v) is 3.19. The number of benzene rings is 1. The van der Waals surface area contributed by atoms with Crippen molar-refractivity contribution in [2.45, 2.75) is 13.3 Å². The highest BCUT2D eigenvalue weighted by Gasteiger charge is 2.19. The molecule has 0 fully saturated rings. The highest BCUT2D eigenvalue weighted by atomic mass is 16.5. The van der Waals surface area contributed by atoms with Gasteiger partial charge < -0.3 is 14.8 Å². The molecule has 1 unspecified atom stereocenters. The lowest BCUT2D eigenvalue weighted by atomic mass is 9.87. The zero-order valence-corrected chi connectivity index (χ0v) is 12.0. The Morgan fingerprint density at radius 3 is 2.63 bits per heavy atom. The highest BCUT2D eigenvalue weighted by Crippen LogP contribution is 2.22. The molecule has 0 saturated heterocycles. The van der Waals surface area contributed by atoms with Crippen LogP contribution in [-0.2, 0) is 4.74 Å². The quantitative estimate of drug-likeness (QED) is 0.520. The van der Waals surface area contributed by atoms with E-state index in [9.17, 15) is 0 Å². The standard InChI is InChI=1S/C16H25NO2/c1-4-16(2,14-17-11-13-18-3)10-12-19-15-8-6-5-7-9-15/h4-9,17H,1,10-14H2,2-3H3. The maximum atomic E-state index is 5.73. The number of rotatable bonds is 10. The number of hydrogen-bond acceptors (Lipinski definition) is 3. The minimum absolute atomic E-state index is 0.0442. The normalized spacial score (nSPS) is 13.8. The van der Waals surface area contributed by atoms with Crippen molar-refractivity contribution in [1.82, 2.24) is 5.32 Å². The summed E-state index contributed by atoms with van der Waals surface area (Å²) >= 11 is 0. The molecule has 0 spiro atoms. The van der Waals surface area contributed by atoms with Gasteiger partial charge in [-0.25, -0.2) is 0 Å². The number of ether oxygens (including phenoxy) is 2. The van der Waals surface area contributed by atoms with E-state index in [0.717, 1.165) is 31.9 Å². The zero-order chi connectivity index (χ0) is 14.0. The Balaban J connectivity index is 2.28. The second kappa shape index (κ2) is 8.73. The van der Waals surface area contributed by atoms with Crippen molar-refractivity contribution >= 4 is 0 Å². The van der Waals surface area contributed by atoms with Crippen molar-refractivity contribution in [3.63, 3.8) is 0 Å². The number of methoxy groups -OCH3 is 1. The SMILES string of the molecule is C=CC(C)(CCOc1ccccc1)CNCCOC. The van der Waals surface area contributed by atoms with E-state index < -0.39 is 0 Å². The second-order valence-electron chi connectivity index (χ2n) is 4.94. The van der Waals surface area contributed by atoms with Gasteiger partial charge in [-0.1, -0.05) is 31.2 Å². The number of para-hydroxylation sites is 1. The predicted octanol–water partition coefficient (Wildman–Crippen LogP) is 2.88. The van der Waals surface area contributed by atoms with Crippen molar-refractivity contribution in [1.29, 1.82) is 0 Å². The summed E-state index contributed by atoms with van der Waals surface area (Å²) in [5, 5.41) is 3.37. The third kappa shape index (κ3) is 6.41. The monoisotopic (exact) mass is 263 g/mol. The largest absolute Gasteiger partial charge is 0.494 e. The van der Waals surface area contributed by atoms with Crippen LogP contribution in [0.25, 0.3) is 0 Å². The van der Waals surface area contributed by atoms with Gasteiger partial charge in [0.05, 0.1) is 13.2 Å². The van der Waals surface area contributed by atoms with Crippen LogP contribution >= 0.6 is 0 Å². The van der Waals surface area contributed by atoms with Gasteiger partial charge in [0.15, 0.2) is 0 Å². The molecule has 1 aromatic rings. The molecule has 1 atom stereocenters. The van der Waals surface area contributed by atoms with Crippen molar-refractivity contribution in [3.8, 4) is 5.75 Å². The molecule has 0 saturated carbocycles.